The molecule has 1 saturated carbocycles. The highest BCUT2D eigenvalue weighted by Crippen LogP contribution is 2.37. The molecule has 1 aromatic carbocycles. The van der Waals surface area contributed by atoms with Crippen molar-refractivity contribution in [3.05, 3.63) is 47.4 Å². The number of nitrogens with zero attached hydrogens (tertiary/aromatic N) is 4. The molecule has 1 aliphatic carbocycles. The molecule has 2 heterocycles. The highest BCUT2D eigenvalue weighted by Gasteiger charge is 2.39. The fraction of sp³-hybridized carbons (Fsp3) is 0.444. The number of aromatic nitrogens is 4. The Morgan fingerprint density at radius 3 is 2.64 bits per heavy atom. The van der Waals surface area contributed by atoms with Crippen LogP contribution in [0.1, 0.15) is 48.9 Å². The van der Waals surface area contributed by atoms with Crippen molar-refractivity contribution in [2.24, 2.45) is 0 Å². The first kappa shape index (κ1) is 16.0. The first-order valence-electron chi connectivity index (χ1n) is 8.60. The maximum Gasteiger partial charge on any atom is 0.240 e. The van der Waals surface area contributed by atoms with Gasteiger partial charge in [-0.2, -0.15) is 9.97 Å². The van der Waals surface area contributed by atoms with E-state index in [-0.39, 0.29) is 5.54 Å². The van der Waals surface area contributed by atoms with E-state index in [1.165, 1.54) is 5.56 Å². The normalized spacial score (nSPS) is 16.4. The van der Waals surface area contributed by atoms with Crippen molar-refractivity contribution in [2.75, 3.05) is 0 Å². The van der Waals surface area contributed by atoms with Crippen LogP contribution in [0.2, 0.25) is 0 Å². The van der Waals surface area contributed by atoms with Gasteiger partial charge in [-0.25, -0.2) is 0 Å². The molecule has 0 spiro atoms. The Morgan fingerprint density at radius 1 is 1.08 bits per heavy atom. The van der Waals surface area contributed by atoms with Gasteiger partial charge in [-0.15, -0.1) is 0 Å². The molecule has 0 saturated heterocycles. The number of nitrogens with one attached hydrogen (secondary N) is 1. The average Bonchev–Trinajstić information content (AvgIpc) is 3.34. The second-order valence-corrected chi connectivity index (χ2v) is 6.66. The summed E-state index contributed by atoms with van der Waals surface area (Å²) >= 11 is 0. The van der Waals surface area contributed by atoms with Crippen LogP contribution in [-0.2, 0) is 12.1 Å². The van der Waals surface area contributed by atoms with Crippen LogP contribution in [-0.4, -0.2) is 20.3 Å². The lowest BCUT2D eigenvalue weighted by atomic mass is 9.96. The van der Waals surface area contributed by atoms with Crippen LogP contribution in [0.3, 0.4) is 0 Å². The van der Waals surface area contributed by atoms with Crippen LogP contribution in [0.4, 0.5) is 0 Å². The zero-order valence-corrected chi connectivity index (χ0v) is 14.5. The number of hydrogen-bond acceptors (Lipinski definition) is 7. The number of rotatable bonds is 5. The third-order valence-corrected chi connectivity index (χ3v) is 4.74. The van der Waals surface area contributed by atoms with E-state index in [4.69, 9.17) is 9.05 Å². The quantitative estimate of drug-likeness (QED) is 0.762. The maximum absolute atomic E-state index is 5.42. The first-order chi connectivity index (χ1) is 12.1. The molecule has 1 fully saturated rings. The Bertz CT molecular complexity index is 864. The molecule has 0 unspecified atom stereocenters. The lowest BCUT2D eigenvalue weighted by molar-refractivity contribution is 0.274. The molecule has 3 aromatic rings. The minimum Gasteiger partial charge on any atom is -0.340 e. The molecule has 1 aliphatic rings. The molecular formula is C18H21N5O2. The molecule has 0 aliphatic heterocycles. The highest BCUT2D eigenvalue weighted by molar-refractivity contribution is 5.55. The number of benzene rings is 1. The van der Waals surface area contributed by atoms with E-state index >= 15 is 0 Å². The standard InChI is InChI=1S/C18H21N5O2/c1-12-6-5-7-14(10-12)16-21-15(25-22-16)11-19-18(8-3-4-9-18)17-20-13(2)24-23-17/h5-7,10,19H,3-4,8-9,11H2,1-2H3. The molecule has 1 N–H and O–H groups in total. The van der Waals surface area contributed by atoms with E-state index in [2.05, 4.69) is 25.6 Å². The number of aryl methyl sites for hydroxylation is 2. The molecule has 2 aromatic heterocycles. The van der Waals surface area contributed by atoms with E-state index in [0.717, 1.165) is 37.1 Å². The molecule has 25 heavy (non-hydrogen) atoms. The van der Waals surface area contributed by atoms with Crippen LogP contribution >= 0.6 is 0 Å². The van der Waals surface area contributed by atoms with Gasteiger partial charge < -0.3 is 9.05 Å². The SMILES string of the molecule is Cc1cccc(-c2noc(CNC3(c4noc(C)n4)CCCC3)n2)c1. The third kappa shape index (κ3) is 3.19. The van der Waals surface area contributed by atoms with Crippen LogP contribution in [0.25, 0.3) is 11.4 Å². The van der Waals surface area contributed by atoms with Crippen LogP contribution in [0.15, 0.2) is 33.3 Å². The van der Waals surface area contributed by atoms with Gasteiger partial charge in [0, 0.05) is 12.5 Å². The Kier molecular flexibility index (Phi) is 4.09. The first-order valence-corrected chi connectivity index (χ1v) is 8.60. The molecule has 0 amide bonds. The number of hydrogen-bond donors (Lipinski definition) is 1. The fourth-order valence-corrected chi connectivity index (χ4v) is 3.42. The molecule has 7 nitrogen and oxygen atoms in total. The average molecular weight is 339 g/mol. The van der Waals surface area contributed by atoms with Gasteiger partial charge in [0.25, 0.3) is 0 Å². The Labute approximate surface area is 145 Å². The molecular weight excluding hydrogens is 318 g/mol. The Hall–Kier alpha value is -2.54. The molecule has 4 rings (SSSR count). The highest BCUT2D eigenvalue weighted by atomic mass is 16.5. The molecule has 0 atom stereocenters. The van der Waals surface area contributed by atoms with E-state index in [9.17, 15) is 0 Å². The van der Waals surface area contributed by atoms with Crippen molar-refractivity contribution in [3.63, 3.8) is 0 Å². The zero-order valence-electron chi connectivity index (χ0n) is 14.5. The predicted octanol–water partition coefficient (Wildman–Crippen LogP) is 3.30. The summed E-state index contributed by atoms with van der Waals surface area (Å²) in [5.74, 6) is 2.47. The van der Waals surface area contributed by atoms with Gasteiger partial charge in [-0.1, -0.05) is 46.9 Å². The topological polar surface area (TPSA) is 89.9 Å². The maximum atomic E-state index is 5.42. The minimum atomic E-state index is -0.268. The summed E-state index contributed by atoms with van der Waals surface area (Å²) in [6, 6.07) is 8.06. The predicted molar refractivity (Wildman–Crippen MR) is 90.5 cm³/mol. The van der Waals surface area contributed by atoms with E-state index in [1.54, 1.807) is 0 Å². The van der Waals surface area contributed by atoms with Crippen molar-refractivity contribution in [1.82, 2.24) is 25.6 Å². The molecule has 7 heteroatoms. The third-order valence-electron chi connectivity index (χ3n) is 4.74. The van der Waals surface area contributed by atoms with Crippen molar-refractivity contribution in [1.29, 1.82) is 0 Å². The van der Waals surface area contributed by atoms with E-state index in [1.807, 2.05) is 38.1 Å². The van der Waals surface area contributed by atoms with E-state index < -0.39 is 0 Å². The van der Waals surface area contributed by atoms with Gasteiger partial charge in [0.1, 0.15) is 0 Å². The Balaban J connectivity index is 1.51. The van der Waals surface area contributed by atoms with Gasteiger partial charge in [-0.3, -0.25) is 5.32 Å². The molecule has 0 radical (unpaired) electrons. The van der Waals surface area contributed by atoms with Crippen LogP contribution in [0, 0.1) is 13.8 Å². The monoisotopic (exact) mass is 339 g/mol. The molecule has 0 bridgehead atoms. The summed E-state index contributed by atoms with van der Waals surface area (Å²) < 4.78 is 10.6. The van der Waals surface area contributed by atoms with Crippen LogP contribution < -0.4 is 5.32 Å². The summed E-state index contributed by atoms with van der Waals surface area (Å²) in [6.45, 7) is 4.33. The van der Waals surface area contributed by atoms with Crippen molar-refractivity contribution >= 4 is 0 Å². The lowest BCUT2D eigenvalue weighted by Crippen LogP contribution is -2.40. The van der Waals surface area contributed by atoms with Gasteiger partial charge in [-0.05, 0) is 25.8 Å². The van der Waals surface area contributed by atoms with Crippen molar-refractivity contribution in [2.45, 2.75) is 51.6 Å². The second kappa shape index (κ2) is 6.40. The Morgan fingerprint density at radius 2 is 1.92 bits per heavy atom. The summed E-state index contributed by atoms with van der Waals surface area (Å²) in [5.41, 5.74) is 1.86. The fourth-order valence-electron chi connectivity index (χ4n) is 3.42. The smallest absolute Gasteiger partial charge is 0.240 e. The van der Waals surface area contributed by atoms with Gasteiger partial charge in [0.2, 0.25) is 17.6 Å². The zero-order chi connectivity index (χ0) is 17.3. The summed E-state index contributed by atoms with van der Waals surface area (Å²) in [5, 5.41) is 11.8. The van der Waals surface area contributed by atoms with Crippen molar-refractivity contribution in [3.8, 4) is 11.4 Å². The molecule has 130 valence electrons. The largest absolute Gasteiger partial charge is 0.340 e. The van der Waals surface area contributed by atoms with Crippen molar-refractivity contribution < 1.29 is 9.05 Å². The summed E-state index contributed by atoms with van der Waals surface area (Å²) in [4.78, 5) is 8.94. The van der Waals surface area contributed by atoms with Gasteiger partial charge >= 0.3 is 0 Å². The minimum absolute atomic E-state index is 0.268. The van der Waals surface area contributed by atoms with E-state index in [0.29, 0.717) is 24.2 Å². The second-order valence-electron chi connectivity index (χ2n) is 6.66. The van der Waals surface area contributed by atoms with Gasteiger partial charge in [0.15, 0.2) is 5.82 Å². The lowest BCUT2D eigenvalue weighted by Gasteiger charge is -2.25. The van der Waals surface area contributed by atoms with Crippen LogP contribution in [0.5, 0.6) is 0 Å². The summed E-state index contributed by atoms with van der Waals surface area (Å²) in [6.07, 6.45) is 4.23. The summed E-state index contributed by atoms with van der Waals surface area (Å²) in [7, 11) is 0. The van der Waals surface area contributed by atoms with Gasteiger partial charge in [0.05, 0.1) is 12.1 Å².